The Balaban J connectivity index is 1.22. The molecule has 0 fully saturated rings. The van der Waals surface area contributed by atoms with E-state index in [2.05, 4.69) is 15.6 Å². The number of fused-ring (bicyclic) bond motifs is 2. The Bertz CT molecular complexity index is 1780. The highest BCUT2D eigenvalue weighted by atomic mass is 32.1. The van der Waals surface area contributed by atoms with Gasteiger partial charge in [0.05, 0.1) is 22.5 Å². The summed E-state index contributed by atoms with van der Waals surface area (Å²) in [6.45, 7) is 0.552. The summed E-state index contributed by atoms with van der Waals surface area (Å²) >= 11 is 1.34. The fourth-order valence-electron chi connectivity index (χ4n) is 4.52. The molecule has 0 atom stereocenters. The van der Waals surface area contributed by atoms with Crippen LogP contribution in [0.4, 0.5) is 11.6 Å². The maximum atomic E-state index is 13.3. The fourth-order valence-corrected chi connectivity index (χ4v) is 5.42. The summed E-state index contributed by atoms with van der Waals surface area (Å²) in [6, 6.07) is 23.8. The second-order valence-corrected chi connectivity index (χ2v) is 10.4. The number of thiophene rings is 1. The Morgan fingerprint density at radius 3 is 2.61 bits per heavy atom. The summed E-state index contributed by atoms with van der Waals surface area (Å²) in [5.41, 5.74) is 8.96. The third kappa shape index (κ3) is 5.61. The molecule has 0 bridgehead atoms. The Labute approximate surface area is 238 Å². The molecule has 11 heteroatoms. The lowest BCUT2D eigenvalue weighted by Crippen LogP contribution is -2.18. The minimum atomic E-state index is -0.464. The molecule has 206 valence electrons. The average molecular weight is 568 g/mol. The molecular weight excluding hydrogens is 542 g/mol. The van der Waals surface area contributed by atoms with Gasteiger partial charge in [0, 0.05) is 29.1 Å². The monoisotopic (exact) mass is 567 g/mol. The first kappa shape index (κ1) is 26.1. The largest absolute Gasteiger partial charge is 0.454 e. The van der Waals surface area contributed by atoms with Crippen molar-refractivity contribution < 1.29 is 23.9 Å². The number of benzene rings is 3. The van der Waals surface area contributed by atoms with Gasteiger partial charge in [-0.05, 0) is 54.1 Å². The molecule has 0 spiro atoms. The molecule has 2 amide bonds. The number of aryl methyl sites for hydroxylation is 1. The number of ether oxygens (including phenoxy) is 2. The van der Waals surface area contributed by atoms with Gasteiger partial charge >= 0.3 is 0 Å². The zero-order valence-electron chi connectivity index (χ0n) is 21.8. The number of nitrogens with zero attached hydrogens (tertiary/aromatic N) is 2. The minimum Gasteiger partial charge on any atom is -0.454 e. The van der Waals surface area contributed by atoms with E-state index >= 15 is 0 Å². The van der Waals surface area contributed by atoms with E-state index in [9.17, 15) is 14.4 Å². The van der Waals surface area contributed by atoms with Crippen LogP contribution in [0, 0.1) is 0 Å². The minimum absolute atomic E-state index is 0.0401. The number of nitrogens with one attached hydrogen (secondary N) is 2. The molecule has 6 rings (SSSR count). The van der Waals surface area contributed by atoms with Gasteiger partial charge in [0.15, 0.2) is 17.3 Å². The topological polar surface area (TPSA) is 138 Å². The Hall–Kier alpha value is -5.16. The van der Waals surface area contributed by atoms with Crippen LogP contribution in [-0.4, -0.2) is 40.5 Å². The number of rotatable bonds is 10. The van der Waals surface area contributed by atoms with E-state index in [1.165, 1.54) is 11.3 Å². The summed E-state index contributed by atoms with van der Waals surface area (Å²) in [5.74, 6) is 0.823. The van der Waals surface area contributed by atoms with E-state index in [1.54, 1.807) is 28.8 Å². The van der Waals surface area contributed by atoms with Crippen LogP contribution >= 0.6 is 11.3 Å². The molecule has 1 aliphatic heterocycles. The molecule has 0 radical (unpaired) electrons. The van der Waals surface area contributed by atoms with Gasteiger partial charge in [-0.15, -0.1) is 11.3 Å². The van der Waals surface area contributed by atoms with Crippen LogP contribution in [0.1, 0.15) is 26.5 Å². The van der Waals surface area contributed by atoms with E-state index in [4.69, 9.17) is 15.2 Å². The van der Waals surface area contributed by atoms with Crippen LogP contribution in [0.5, 0.6) is 11.5 Å². The molecule has 2 aromatic heterocycles. The number of amides is 2. The van der Waals surface area contributed by atoms with Gasteiger partial charge < -0.3 is 25.1 Å². The second-order valence-electron chi connectivity index (χ2n) is 9.34. The molecule has 0 unspecified atom stereocenters. The smallest absolute Gasteiger partial charge is 0.268 e. The van der Waals surface area contributed by atoms with Crippen LogP contribution in [0.2, 0.25) is 0 Å². The number of Topliss-reactive ketones (excluding diaryl/α,β-unsaturated/α-hetero) is 1. The van der Waals surface area contributed by atoms with Gasteiger partial charge in [-0.25, -0.2) is 4.98 Å². The molecule has 0 aliphatic carbocycles. The predicted octanol–water partition coefficient (Wildman–Crippen LogP) is 4.92. The zero-order chi connectivity index (χ0) is 28.3. The highest BCUT2D eigenvalue weighted by molar-refractivity contribution is 7.17. The number of carbonyl (C=O) groups is 3. The Morgan fingerprint density at radius 2 is 1.78 bits per heavy atom. The van der Waals surface area contributed by atoms with Gasteiger partial charge in [0.1, 0.15) is 0 Å². The fraction of sp³-hybridized carbons (Fsp3) is 0.133. The molecule has 4 N–H and O–H groups in total. The Kier molecular flexibility index (Phi) is 7.09. The third-order valence-electron chi connectivity index (χ3n) is 6.59. The quantitative estimate of drug-likeness (QED) is 0.204. The molecular formula is C30H25N5O5S. The number of nitrogens with two attached hydrogens (primary N) is 1. The van der Waals surface area contributed by atoms with Crippen molar-refractivity contribution in [1.82, 2.24) is 9.55 Å². The van der Waals surface area contributed by atoms with E-state index in [0.29, 0.717) is 44.6 Å². The lowest BCUT2D eigenvalue weighted by molar-refractivity contribution is -0.118. The maximum absolute atomic E-state index is 13.3. The number of primary amides is 1. The van der Waals surface area contributed by atoms with Crippen molar-refractivity contribution in [3.05, 3.63) is 89.3 Å². The van der Waals surface area contributed by atoms with Gasteiger partial charge in [-0.2, -0.15) is 0 Å². The number of hydrogen-bond acceptors (Lipinski definition) is 8. The van der Waals surface area contributed by atoms with Crippen molar-refractivity contribution in [3.8, 4) is 21.9 Å². The summed E-state index contributed by atoms with van der Waals surface area (Å²) in [7, 11) is 0. The zero-order valence-corrected chi connectivity index (χ0v) is 22.6. The maximum Gasteiger partial charge on any atom is 0.268 e. The van der Waals surface area contributed by atoms with Crippen molar-refractivity contribution in [1.29, 1.82) is 0 Å². The van der Waals surface area contributed by atoms with Crippen molar-refractivity contribution in [2.24, 2.45) is 5.73 Å². The number of imidazole rings is 1. The van der Waals surface area contributed by atoms with Crippen LogP contribution in [0.25, 0.3) is 21.5 Å². The van der Waals surface area contributed by atoms with Crippen LogP contribution in [-0.2, 0) is 11.3 Å². The van der Waals surface area contributed by atoms with Crippen molar-refractivity contribution in [3.63, 3.8) is 0 Å². The number of hydrogen-bond donors (Lipinski definition) is 3. The first-order valence-electron chi connectivity index (χ1n) is 12.9. The number of aromatic nitrogens is 2. The Morgan fingerprint density at radius 1 is 0.951 bits per heavy atom. The van der Waals surface area contributed by atoms with Gasteiger partial charge in [0.25, 0.3) is 5.91 Å². The van der Waals surface area contributed by atoms with E-state index in [1.807, 2.05) is 54.6 Å². The normalized spacial score (nSPS) is 11.9. The summed E-state index contributed by atoms with van der Waals surface area (Å²) < 4.78 is 12.6. The van der Waals surface area contributed by atoms with Crippen molar-refractivity contribution in [2.45, 2.75) is 13.0 Å². The van der Waals surface area contributed by atoms with Crippen LogP contribution in [0.3, 0.4) is 0 Å². The second kappa shape index (κ2) is 11.1. The van der Waals surface area contributed by atoms with Gasteiger partial charge in [-0.3, -0.25) is 19.7 Å². The molecule has 3 aromatic carbocycles. The van der Waals surface area contributed by atoms with Crippen LogP contribution in [0.15, 0.2) is 78.9 Å². The van der Waals surface area contributed by atoms with E-state index in [0.717, 1.165) is 10.4 Å². The predicted molar refractivity (Wildman–Crippen MR) is 157 cm³/mol. The third-order valence-corrected chi connectivity index (χ3v) is 7.72. The van der Waals surface area contributed by atoms with Crippen molar-refractivity contribution >= 4 is 51.6 Å². The standard InChI is InChI=1S/C30H25N5O5S/c31-28(37)12-13-35-22-8-7-20(32-16-23(36)18-4-2-1-3-5-18)15-21(22)33-30(35)34-29(38)27-11-10-26(41-27)19-6-9-24-25(14-19)40-17-39-24/h1-11,14-15,32H,12-13,16-17H2,(H2,31,37)(H,33,34,38). The molecule has 5 aromatic rings. The molecule has 41 heavy (non-hydrogen) atoms. The van der Waals surface area contributed by atoms with E-state index in [-0.39, 0.29) is 38.0 Å². The molecule has 0 saturated carbocycles. The van der Waals surface area contributed by atoms with Gasteiger partial charge in [-0.1, -0.05) is 30.3 Å². The van der Waals surface area contributed by atoms with E-state index < -0.39 is 5.91 Å². The molecule has 1 aliphatic rings. The summed E-state index contributed by atoms with van der Waals surface area (Å²) in [4.78, 5) is 43.3. The summed E-state index contributed by atoms with van der Waals surface area (Å²) in [5, 5.41) is 6.03. The SMILES string of the molecule is NC(=O)CCn1c(NC(=O)c2ccc(-c3ccc4c(c3)OCO4)s2)nc2cc(NCC(=O)c3ccccc3)ccc21. The molecule has 3 heterocycles. The highest BCUT2D eigenvalue weighted by Gasteiger charge is 2.19. The number of anilines is 2. The molecule has 0 saturated heterocycles. The van der Waals surface area contributed by atoms with Crippen molar-refractivity contribution in [2.75, 3.05) is 24.0 Å². The highest BCUT2D eigenvalue weighted by Crippen LogP contribution is 2.38. The first-order valence-corrected chi connectivity index (χ1v) is 13.7. The lowest BCUT2D eigenvalue weighted by atomic mass is 10.1. The average Bonchev–Trinajstić information content (AvgIpc) is 3.73. The number of carbonyl (C=O) groups excluding carboxylic acids is 3. The van der Waals surface area contributed by atoms with Gasteiger partial charge in [0.2, 0.25) is 18.6 Å². The number of ketones is 1. The summed E-state index contributed by atoms with van der Waals surface area (Å²) in [6.07, 6.45) is 0.0766. The molecule has 10 nitrogen and oxygen atoms in total. The first-order chi connectivity index (χ1) is 19.9. The van der Waals surface area contributed by atoms with Crippen LogP contribution < -0.4 is 25.8 Å². The lowest BCUT2D eigenvalue weighted by Gasteiger charge is -2.09.